The number of nitrogens with one attached hydrogen (secondary N) is 2. The van der Waals surface area contributed by atoms with Gasteiger partial charge < -0.3 is 10.1 Å². The highest BCUT2D eigenvalue weighted by Gasteiger charge is 2.22. The first-order valence-corrected chi connectivity index (χ1v) is 8.38. The molecule has 0 amide bonds. The zero-order valence-corrected chi connectivity index (χ0v) is 12.1. The second-order valence-corrected chi connectivity index (χ2v) is 6.61. The van der Waals surface area contributed by atoms with Gasteiger partial charge in [-0.25, -0.2) is 4.72 Å². The summed E-state index contributed by atoms with van der Waals surface area (Å²) < 4.78 is 33.4. The number of rotatable bonds is 6. The molecule has 2 rings (SSSR count). The summed E-state index contributed by atoms with van der Waals surface area (Å²) in [5.41, 5.74) is 0. The molecule has 19 heavy (non-hydrogen) atoms. The van der Waals surface area contributed by atoms with Crippen molar-refractivity contribution in [3.63, 3.8) is 0 Å². The molecule has 0 bridgehead atoms. The minimum absolute atomic E-state index is 0.504. The Morgan fingerprint density at radius 1 is 1.11 bits per heavy atom. The minimum Gasteiger partial charge on any atom is -0.379 e. The van der Waals surface area contributed by atoms with Crippen LogP contribution in [0.1, 0.15) is 6.42 Å². The van der Waals surface area contributed by atoms with E-state index in [9.17, 15) is 8.42 Å². The van der Waals surface area contributed by atoms with Gasteiger partial charge in [-0.2, -0.15) is 12.7 Å². The van der Waals surface area contributed by atoms with Crippen LogP contribution in [0, 0.1) is 0 Å². The standard InChI is InChI=1S/C11H24N4O3S/c16-19(17,15-6-3-12-4-7-15)13-2-1-5-14-8-10-18-11-9-14/h12-13H,1-11H2. The molecule has 8 heteroatoms. The third kappa shape index (κ3) is 4.97. The third-order valence-corrected chi connectivity index (χ3v) is 5.07. The molecule has 112 valence electrons. The van der Waals surface area contributed by atoms with E-state index in [4.69, 9.17) is 4.74 Å². The molecule has 0 aliphatic carbocycles. The van der Waals surface area contributed by atoms with E-state index >= 15 is 0 Å². The lowest BCUT2D eigenvalue weighted by atomic mass is 10.3. The number of piperazine rings is 1. The molecule has 7 nitrogen and oxygen atoms in total. The Morgan fingerprint density at radius 3 is 2.47 bits per heavy atom. The molecule has 0 atom stereocenters. The highest BCUT2D eigenvalue weighted by atomic mass is 32.2. The molecular weight excluding hydrogens is 268 g/mol. The van der Waals surface area contributed by atoms with E-state index in [1.165, 1.54) is 4.31 Å². The predicted molar refractivity (Wildman–Crippen MR) is 73.2 cm³/mol. The van der Waals surface area contributed by atoms with E-state index < -0.39 is 10.2 Å². The van der Waals surface area contributed by atoms with Crippen LogP contribution in [0.25, 0.3) is 0 Å². The Morgan fingerprint density at radius 2 is 1.79 bits per heavy atom. The van der Waals surface area contributed by atoms with Gasteiger partial charge in [-0.15, -0.1) is 0 Å². The number of ether oxygens (including phenoxy) is 1. The summed E-state index contributed by atoms with van der Waals surface area (Å²) in [6, 6.07) is 0. The molecule has 0 aromatic heterocycles. The molecule has 0 saturated carbocycles. The number of hydrogen-bond donors (Lipinski definition) is 2. The maximum Gasteiger partial charge on any atom is 0.279 e. The van der Waals surface area contributed by atoms with E-state index in [1.807, 2.05) is 0 Å². The van der Waals surface area contributed by atoms with Crippen LogP contribution >= 0.6 is 0 Å². The Kier molecular flexibility index (Phi) is 5.99. The summed E-state index contributed by atoms with van der Waals surface area (Å²) in [4.78, 5) is 2.31. The number of nitrogens with zero attached hydrogens (tertiary/aromatic N) is 2. The first-order valence-electron chi connectivity index (χ1n) is 6.94. The van der Waals surface area contributed by atoms with Crippen LogP contribution in [0.2, 0.25) is 0 Å². The molecule has 0 aromatic rings. The highest BCUT2D eigenvalue weighted by Crippen LogP contribution is 2.01. The van der Waals surface area contributed by atoms with Crippen LogP contribution in [0.15, 0.2) is 0 Å². The van der Waals surface area contributed by atoms with Crippen molar-refractivity contribution in [1.29, 1.82) is 0 Å². The average Bonchev–Trinajstić information content (AvgIpc) is 2.46. The number of hydrogen-bond acceptors (Lipinski definition) is 5. The summed E-state index contributed by atoms with van der Waals surface area (Å²) in [6.07, 6.45) is 0.839. The fourth-order valence-electron chi connectivity index (χ4n) is 2.30. The topological polar surface area (TPSA) is 73.9 Å². The lowest BCUT2D eigenvalue weighted by Crippen LogP contribution is -2.50. The molecule has 2 N–H and O–H groups in total. The Bertz CT molecular complexity index is 351. The van der Waals surface area contributed by atoms with Gasteiger partial charge in [-0.1, -0.05) is 0 Å². The van der Waals surface area contributed by atoms with Gasteiger partial charge in [-0.3, -0.25) is 4.90 Å². The third-order valence-electron chi connectivity index (χ3n) is 3.46. The van der Waals surface area contributed by atoms with Crippen molar-refractivity contribution >= 4 is 10.2 Å². The van der Waals surface area contributed by atoms with Gasteiger partial charge in [0.25, 0.3) is 10.2 Å². The molecule has 0 unspecified atom stereocenters. The first kappa shape index (κ1) is 15.1. The SMILES string of the molecule is O=S(=O)(NCCCN1CCOCC1)N1CCNCC1. The highest BCUT2D eigenvalue weighted by molar-refractivity contribution is 7.87. The Balaban J connectivity index is 1.63. The maximum atomic E-state index is 12.0. The van der Waals surface area contributed by atoms with Gasteiger partial charge in [0.2, 0.25) is 0 Å². The predicted octanol–water partition coefficient (Wildman–Crippen LogP) is -1.55. The monoisotopic (exact) mass is 292 g/mol. The van der Waals surface area contributed by atoms with Crippen molar-refractivity contribution in [2.24, 2.45) is 0 Å². The smallest absolute Gasteiger partial charge is 0.279 e. The molecule has 2 fully saturated rings. The van der Waals surface area contributed by atoms with Crippen LogP contribution in [-0.2, 0) is 14.9 Å². The summed E-state index contributed by atoms with van der Waals surface area (Å²) in [5.74, 6) is 0. The van der Waals surface area contributed by atoms with Crippen molar-refractivity contribution in [2.45, 2.75) is 6.42 Å². The van der Waals surface area contributed by atoms with Crippen LogP contribution in [0.4, 0.5) is 0 Å². The Hall–Kier alpha value is -0.250. The fraction of sp³-hybridized carbons (Fsp3) is 1.00. The Labute approximate surface area is 115 Å². The summed E-state index contributed by atoms with van der Waals surface area (Å²) in [5, 5.41) is 3.14. The first-order chi connectivity index (χ1) is 9.18. The van der Waals surface area contributed by atoms with Crippen LogP contribution < -0.4 is 10.0 Å². The van der Waals surface area contributed by atoms with Gasteiger partial charge in [0, 0.05) is 45.8 Å². The van der Waals surface area contributed by atoms with Crippen molar-refractivity contribution in [2.75, 3.05) is 65.6 Å². The average molecular weight is 292 g/mol. The molecule has 0 spiro atoms. The van der Waals surface area contributed by atoms with Crippen LogP contribution in [-0.4, -0.2) is 83.2 Å². The van der Waals surface area contributed by atoms with Crippen molar-refractivity contribution in [3.8, 4) is 0 Å². The van der Waals surface area contributed by atoms with Gasteiger partial charge in [0.05, 0.1) is 13.2 Å². The lowest BCUT2D eigenvalue weighted by Gasteiger charge is -2.28. The van der Waals surface area contributed by atoms with E-state index in [2.05, 4.69) is 14.9 Å². The maximum absolute atomic E-state index is 12.0. The van der Waals surface area contributed by atoms with Gasteiger partial charge in [0.15, 0.2) is 0 Å². The van der Waals surface area contributed by atoms with Crippen molar-refractivity contribution < 1.29 is 13.2 Å². The van der Waals surface area contributed by atoms with Crippen molar-refractivity contribution in [1.82, 2.24) is 19.2 Å². The van der Waals surface area contributed by atoms with E-state index in [0.29, 0.717) is 19.6 Å². The molecule has 2 heterocycles. The quantitative estimate of drug-likeness (QED) is 0.580. The molecule has 0 aromatic carbocycles. The zero-order chi connectivity index (χ0) is 13.6. The minimum atomic E-state index is -3.29. The fourth-order valence-corrected chi connectivity index (χ4v) is 3.55. The number of morpholine rings is 1. The largest absolute Gasteiger partial charge is 0.379 e. The molecule has 2 saturated heterocycles. The lowest BCUT2D eigenvalue weighted by molar-refractivity contribution is 0.0376. The molecular formula is C11H24N4O3S. The van der Waals surface area contributed by atoms with Crippen LogP contribution in [0.3, 0.4) is 0 Å². The normalized spacial score (nSPS) is 23.6. The van der Waals surface area contributed by atoms with Gasteiger partial charge in [0.1, 0.15) is 0 Å². The summed E-state index contributed by atoms with van der Waals surface area (Å²) in [6.45, 7) is 7.46. The van der Waals surface area contributed by atoms with Gasteiger partial charge >= 0.3 is 0 Å². The second kappa shape index (κ2) is 7.51. The molecule has 0 radical (unpaired) electrons. The summed E-state index contributed by atoms with van der Waals surface area (Å²) >= 11 is 0. The zero-order valence-electron chi connectivity index (χ0n) is 11.3. The van der Waals surface area contributed by atoms with Gasteiger partial charge in [-0.05, 0) is 13.0 Å². The molecule has 2 aliphatic heterocycles. The molecule has 2 aliphatic rings. The van der Waals surface area contributed by atoms with E-state index in [1.54, 1.807) is 0 Å². The van der Waals surface area contributed by atoms with E-state index in [-0.39, 0.29) is 0 Å². The van der Waals surface area contributed by atoms with E-state index in [0.717, 1.165) is 52.4 Å². The van der Waals surface area contributed by atoms with Crippen molar-refractivity contribution in [3.05, 3.63) is 0 Å². The van der Waals surface area contributed by atoms with Crippen LogP contribution in [0.5, 0.6) is 0 Å². The summed E-state index contributed by atoms with van der Waals surface area (Å²) in [7, 11) is -3.29. The second-order valence-electron chi connectivity index (χ2n) is 4.86.